The minimum absolute atomic E-state index is 0.358. The Morgan fingerprint density at radius 3 is 2.52 bits per heavy atom. The Labute approximate surface area is 137 Å². The Morgan fingerprint density at radius 2 is 1.87 bits per heavy atom. The Bertz CT molecular complexity index is 911. The highest BCUT2D eigenvalue weighted by atomic mass is 32.2. The Kier molecular flexibility index (Phi) is 3.65. The van der Waals surface area contributed by atoms with Crippen LogP contribution in [0.2, 0.25) is 0 Å². The third-order valence-electron chi connectivity index (χ3n) is 3.55. The van der Waals surface area contributed by atoms with Crippen molar-refractivity contribution in [2.24, 2.45) is 0 Å². The molecular weight excluding hydrogens is 336 g/mol. The fourth-order valence-electron chi connectivity index (χ4n) is 2.27. The number of fused-ring (bicyclic) bond motifs is 1. The van der Waals surface area contributed by atoms with Gasteiger partial charge in [-0.05, 0) is 30.5 Å². The summed E-state index contributed by atoms with van der Waals surface area (Å²) >= 11 is 1.17. The fourth-order valence-corrected chi connectivity index (χ4v) is 4.58. The van der Waals surface area contributed by atoms with Gasteiger partial charge in [-0.1, -0.05) is 17.7 Å². The first-order chi connectivity index (χ1) is 10.8. The van der Waals surface area contributed by atoms with Crippen molar-refractivity contribution >= 4 is 44.4 Å². The van der Waals surface area contributed by atoms with Crippen LogP contribution in [-0.2, 0) is 14.8 Å². The second-order valence-electron chi connectivity index (χ2n) is 5.11. The van der Waals surface area contributed by atoms with Crippen molar-refractivity contribution in [3.63, 3.8) is 0 Å². The number of aliphatic hydroxyl groups is 1. The van der Waals surface area contributed by atoms with Gasteiger partial charge >= 0.3 is 0 Å². The number of benzene rings is 1. The van der Waals surface area contributed by atoms with Crippen LogP contribution in [0.15, 0.2) is 40.6 Å². The normalized spacial score (nSPS) is 16.2. The van der Waals surface area contributed by atoms with Gasteiger partial charge in [-0.15, -0.1) is 11.3 Å². The van der Waals surface area contributed by atoms with Crippen LogP contribution >= 0.6 is 11.3 Å². The van der Waals surface area contributed by atoms with Crippen molar-refractivity contribution in [1.29, 1.82) is 0 Å². The number of anilines is 2. The van der Waals surface area contributed by atoms with Gasteiger partial charge in [0.1, 0.15) is 0 Å². The average Bonchev–Trinajstić information content (AvgIpc) is 2.97. The number of rotatable bonds is 2. The summed E-state index contributed by atoms with van der Waals surface area (Å²) in [5.74, 6) is -1.38. The number of nitrogens with one attached hydrogen (secondary N) is 1. The molecule has 0 saturated heterocycles. The average molecular weight is 350 g/mol. The van der Waals surface area contributed by atoms with E-state index in [1.54, 1.807) is 35.7 Å². The topological polar surface area (TPSA) is 86.7 Å². The number of thiophene rings is 1. The molecule has 1 aliphatic rings. The maximum atomic E-state index is 12.5. The molecule has 8 heteroatoms. The van der Waals surface area contributed by atoms with Gasteiger partial charge < -0.3 is 10.4 Å². The van der Waals surface area contributed by atoms with Crippen molar-refractivity contribution < 1.29 is 18.3 Å². The SMILES string of the molecule is Cc1ccc(NC(=O)C2=C(O)c3sccc3N(C)S2(=O)=O)cc1. The van der Waals surface area contributed by atoms with Gasteiger partial charge in [0.15, 0.2) is 10.7 Å². The number of sulfonamides is 1. The van der Waals surface area contributed by atoms with Crippen LogP contribution in [0, 0.1) is 6.92 Å². The molecule has 0 radical (unpaired) electrons. The molecule has 1 aliphatic heterocycles. The molecule has 23 heavy (non-hydrogen) atoms. The van der Waals surface area contributed by atoms with Crippen molar-refractivity contribution in [2.75, 3.05) is 16.7 Å². The maximum Gasteiger partial charge on any atom is 0.273 e. The minimum atomic E-state index is -4.10. The van der Waals surface area contributed by atoms with Crippen LogP contribution < -0.4 is 9.62 Å². The van der Waals surface area contributed by atoms with Gasteiger partial charge in [-0.3, -0.25) is 9.10 Å². The lowest BCUT2D eigenvalue weighted by atomic mass is 10.2. The van der Waals surface area contributed by atoms with E-state index in [1.807, 2.05) is 6.92 Å². The molecule has 2 N–H and O–H groups in total. The van der Waals surface area contributed by atoms with E-state index in [1.165, 1.54) is 18.4 Å². The summed E-state index contributed by atoms with van der Waals surface area (Å²) in [5.41, 5.74) is 1.83. The lowest BCUT2D eigenvalue weighted by Crippen LogP contribution is -2.36. The summed E-state index contributed by atoms with van der Waals surface area (Å²) in [4.78, 5) is 12.1. The van der Waals surface area contributed by atoms with Crippen molar-refractivity contribution in [1.82, 2.24) is 0 Å². The molecular formula is C15H14N2O4S2. The highest BCUT2D eigenvalue weighted by Gasteiger charge is 2.40. The number of hydrogen-bond acceptors (Lipinski definition) is 5. The molecule has 0 saturated carbocycles. The minimum Gasteiger partial charge on any atom is -0.505 e. The van der Waals surface area contributed by atoms with E-state index in [0.717, 1.165) is 9.87 Å². The van der Waals surface area contributed by atoms with Gasteiger partial charge in [0.25, 0.3) is 15.9 Å². The molecule has 3 rings (SSSR count). The van der Waals surface area contributed by atoms with E-state index in [0.29, 0.717) is 16.3 Å². The van der Waals surface area contributed by atoms with Gasteiger partial charge in [0.2, 0.25) is 0 Å². The summed E-state index contributed by atoms with van der Waals surface area (Å²) < 4.78 is 26.0. The van der Waals surface area contributed by atoms with Crippen LogP contribution in [0.4, 0.5) is 11.4 Å². The first kappa shape index (κ1) is 15.6. The molecule has 0 unspecified atom stereocenters. The zero-order valence-corrected chi connectivity index (χ0v) is 14.0. The molecule has 0 bridgehead atoms. The van der Waals surface area contributed by atoms with Crippen molar-refractivity contribution in [3.05, 3.63) is 51.1 Å². The summed E-state index contributed by atoms with van der Waals surface area (Å²) in [7, 11) is -2.75. The van der Waals surface area contributed by atoms with Gasteiger partial charge in [0.05, 0.1) is 10.6 Å². The lowest BCUT2D eigenvalue weighted by Gasteiger charge is -2.26. The number of amides is 1. The second-order valence-corrected chi connectivity index (χ2v) is 7.93. The molecule has 120 valence electrons. The van der Waals surface area contributed by atoms with Crippen LogP contribution in [0.1, 0.15) is 10.4 Å². The van der Waals surface area contributed by atoms with E-state index in [2.05, 4.69) is 5.32 Å². The molecule has 0 aliphatic carbocycles. The summed E-state index contributed by atoms with van der Waals surface area (Å²) in [6.45, 7) is 1.90. The predicted octanol–water partition coefficient (Wildman–Crippen LogP) is 2.70. The summed E-state index contributed by atoms with van der Waals surface area (Å²) in [6, 6.07) is 8.51. The smallest absolute Gasteiger partial charge is 0.273 e. The molecule has 1 amide bonds. The number of hydrogen-bond donors (Lipinski definition) is 2. The number of aryl methyl sites for hydroxylation is 1. The van der Waals surface area contributed by atoms with Crippen molar-refractivity contribution in [3.8, 4) is 0 Å². The first-order valence-electron chi connectivity index (χ1n) is 6.70. The molecule has 0 atom stereocenters. The number of aliphatic hydroxyl groups excluding tert-OH is 1. The van der Waals surface area contributed by atoms with Gasteiger partial charge in [-0.2, -0.15) is 0 Å². The monoisotopic (exact) mass is 350 g/mol. The van der Waals surface area contributed by atoms with E-state index in [4.69, 9.17) is 0 Å². The van der Waals surface area contributed by atoms with E-state index in [9.17, 15) is 18.3 Å². The third kappa shape index (κ3) is 2.49. The fraction of sp³-hybridized carbons (Fsp3) is 0.133. The zero-order valence-electron chi connectivity index (χ0n) is 12.4. The lowest BCUT2D eigenvalue weighted by molar-refractivity contribution is -0.112. The van der Waals surface area contributed by atoms with Gasteiger partial charge in [-0.25, -0.2) is 8.42 Å². The van der Waals surface area contributed by atoms with Gasteiger partial charge in [0, 0.05) is 12.7 Å². The largest absolute Gasteiger partial charge is 0.505 e. The highest BCUT2D eigenvalue weighted by Crippen LogP contribution is 2.40. The first-order valence-corrected chi connectivity index (χ1v) is 9.02. The van der Waals surface area contributed by atoms with E-state index >= 15 is 0 Å². The molecule has 2 heterocycles. The number of carbonyl (C=O) groups excluding carboxylic acids is 1. The molecule has 2 aromatic rings. The van der Waals surface area contributed by atoms with Crippen LogP contribution in [0.3, 0.4) is 0 Å². The quantitative estimate of drug-likeness (QED) is 0.872. The summed E-state index contributed by atoms with van der Waals surface area (Å²) in [6.07, 6.45) is 0. The molecule has 6 nitrogen and oxygen atoms in total. The molecule has 1 aromatic heterocycles. The van der Waals surface area contributed by atoms with Crippen LogP contribution in [0.5, 0.6) is 0 Å². The van der Waals surface area contributed by atoms with Crippen LogP contribution in [-0.4, -0.2) is 26.5 Å². The number of carbonyl (C=O) groups is 1. The Hall–Kier alpha value is -2.32. The highest BCUT2D eigenvalue weighted by molar-refractivity contribution is 7.97. The molecule has 0 fully saturated rings. The molecule has 1 aromatic carbocycles. The predicted molar refractivity (Wildman–Crippen MR) is 91.0 cm³/mol. The standard InChI is InChI=1S/C15H14N2O4S2/c1-9-3-5-10(6-4-9)16-15(19)14-12(18)13-11(7-8-22-13)17(2)23(14,20)21/h3-8,18H,1-2H3,(H,16,19). The molecule has 0 spiro atoms. The zero-order chi connectivity index (χ0) is 16.8. The van der Waals surface area contributed by atoms with E-state index in [-0.39, 0.29) is 0 Å². The maximum absolute atomic E-state index is 12.5. The summed E-state index contributed by atoms with van der Waals surface area (Å²) in [5, 5.41) is 14.5. The van der Waals surface area contributed by atoms with Crippen molar-refractivity contribution in [2.45, 2.75) is 6.92 Å². The third-order valence-corrected chi connectivity index (χ3v) is 6.27. The van der Waals surface area contributed by atoms with Crippen LogP contribution in [0.25, 0.3) is 5.76 Å². The number of nitrogens with zero attached hydrogens (tertiary/aromatic N) is 1. The Morgan fingerprint density at radius 1 is 1.22 bits per heavy atom. The Balaban J connectivity index is 2.05. The van der Waals surface area contributed by atoms with E-state index < -0.39 is 26.6 Å². The second kappa shape index (κ2) is 5.39.